The molecular weight excluding hydrogens is 306 g/mol. The average Bonchev–Trinajstić information content (AvgIpc) is 3.09. The van der Waals surface area contributed by atoms with Gasteiger partial charge in [-0.25, -0.2) is 9.67 Å². The molecule has 0 spiro atoms. The lowest BCUT2D eigenvalue weighted by Crippen LogP contribution is -2.27. The Labute approximate surface area is 137 Å². The number of nitrogens with one attached hydrogen (secondary N) is 2. The molecule has 0 bridgehead atoms. The van der Waals surface area contributed by atoms with Crippen molar-refractivity contribution in [2.45, 2.75) is 0 Å². The van der Waals surface area contributed by atoms with Crippen molar-refractivity contribution >= 4 is 18.1 Å². The van der Waals surface area contributed by atoms with Gasteiger partial charge in [0.2, 0.25) is 0 Å². The Balaban J connectivity index is 1.79. The Bertz CT molecular complexity index is 941. The summed E-state index contributed by atoms with van der Waals surface area (Å²) in [6.45, 7) is 0. The first-order chi connectivity index (χ1) is 11.7. The number of hydrogen-bond acceptors (Lipinski definition) is 4. The number of H-pyrrole nitrogens is 1. The van der Waals surface area contributed by atoms with Gasteiger partial charge in [0.05, 0.1) is 11.4 Å². The van der Waals surface area contributed by atoms with Crippen molar-refractivity contribution in [3.63, 3.8) is 0 Å². The van der Waals surface area contributed by atoms with Crippen molar-refractivity contribution < 1.29 is 4.79 Å². The molecule has 120 valence electrons. The zero-order valence-corrected chi connectivity index (χ0v) is 12.9. The van der Waals surface area contributed by atoms with Crippen LogP contribution in [0.5, 0.6) is 0 Å². The minimum absolute atomic E-state index is 0.0250. The monoisotopic (exact) mass is 321 g/mol. The Morgan fingerprint density at radius 1 is 1.21 bits per heavy atom. The van der Waals surface area contributed by atoms with Crippen LogP contribution < -0.4 is 10.9 Å². The van der Waals surface area contributed by atoms with Crippen molar-refractivity contribution in [1.29, 1.82) is 0 Å². The normalized spacial score (nSPS) is 10.9. The lowest BCUT2D eigenvalue weighted by atomic mass is 10.3. The Morgan fingerprint density at radius 3 is 2.71 bits per heavy atom. The largest absolute Gasteiger partial charge is 0.355 e. The molecular formula is C17H15N5O2. The van der Waals surface area contributed by atoms with Gasteiger partial charge in [-0.3, -0.25) is 9.59 Å². The predicted octanol–water partition coefficient (Wildman–Crippen LogP) is 1.49. The van der Waals surface area contributed by atoms with E-state index in [-0.39, 0.29) is 5.56 Å². The van der Waals surface area contributed by atoms with Gasteiger partial charge in [0.1, 0.15) is 11.4 Å². The van der Waals surface area contributed by atoms with Gasteiger partial charge < -0.3 is 10.3 Å². The Hall–Kier alpha value is -3.48. The molecule has 1 amide bonds. The summed E-state index contributed by atoms with van der Waals surface area (Å²) < 4.78 is 1.75. The van der Waals surface area contributed by atoms with Crippen LogP contribution in [0.2, 0.25) is 0 Å². The zero-order valence-electron chi connectivity index (χ0n) is 12.9. The Morgan fingerprint density at radius 2 is 2.00 bits per heavy atom. The second kappa shape index (κ2) is 6.74. The van der Waals surface area contributed by atoms with Crippen LogP contribution in [0.3, 0.4) is 0 Å². The second-order valence-electron chi connectivity index (χ2n) is 4.94. The fourth-order valence-electron chi connectivity index (χ4n) is 2.11. The van der Waals surface area contributed by atoms with Crippen molar-refractivity contribution in [3.8, 4) is 5.69 Å². The molecule has 24 heavy (non-hydrogen) atoms. The fourth-order valence-corrected chi connectivity index (χ4v) is 2.11. The maximum Gasteiger partial charge on any atom is 0.263 e. The topological polar surface area (TPSA) is 92.7 Å². The van der Waals surface area contributed by atoms with Gasteiger partial charge in [-0.2, -0.15) is 5.10 Å². The lowest BCUT2D eigenvalue weighted by Gasteiger charge is -1.99. The Kier molecular flexibility index (Phi) is 4.33. The van der Waals surface area contributed by atoms with E-state index in [1.807, 2.05) is 42.6 Å². The lowest BCUT2D eigenvalue weighted by molar-refractivity contribution is 0.0961. The molecule has 2 N–H and O–H groups in total. The van der Waals surface area contributed by atoms with E-state index in [2.05, 4.69) is 20.4 Å². The van der Waals surface area contributed by atoms with Gasteiger partial charge in [0.25, 0.3) is 11.5 Å². The SMILES string of the molecule is CNC(=O)c1cnc(C=Cc2ccn(-c3ccccc3)n2)[nH]c1=O. The average molecular weight is 321 g/mol. The van der Waals surface area contributed by atoms with Crippen LogP contribution in [0, 0.1) is 0 Å². The van der Waals surface area contributed by atoms with Crippen LogP contribution in [0.25, 0.3) is 17.8 Å². The summed E-state index contributed by atoms with van der Waals surface area (Å²) in [7, 11) is 1.46. The van der Waals surface area contributed by atoms with Crippen LogP contribution in [0.1, 0.15) is 21.9 Å². The number of aromatic nitrogens is 4. The molecule has 3 rings (SSSR count). The van der Waals surface area contributed by atoms with Crippen LogP contribution in [-0.4, -0.2) is 32.7 Å². The maximum absolute atomic E-state index is 11.8. The van der Waals surface area contributed by atoms with E-state index < -0.39 is 11.5 Å². The number of para-hydroxylation sites is 1. The fraction of sp³-hybridized carbons (Fsp3) is 0.0588. The van der Waals surface area contributed by atoms with Crippen LogP contribution >= 0.6 is 0 Å². The standard InChI is InChI=1S/C17H15N5O2/c1-18-16(23)14-11-19-15(20-17(14)24)8-7-12-9-10-22(21-12)13-5-3-2-4-6-13/h2-11H,1H3,(H,18,23)(H,19,20,24). The number of benzene rings is 1. The van der Waals surface area contributed by atoms with Crippen molar-refractivity contribution in [3.05, 3.63) is 76.2 Å². The summed E-state index contributed by atoms with van der Waals surface area (Å²) in [4.78, 5) is 29.9. The van der Waals surface area contributed by atoms with Crippen LogP contribution in [0.15, 0.2) is 53.6 Å². The first kappa shape index (κ1) is 15.4. The smallest absolute Gasteiger partial charge is 0.263 e. The molecule has 2 heterocycles. The molecule has 0 aliphatic carbocycles. The highest BCUT2D eigenvalue weighted by Crippen LogP contribution is 2.08. The summed E-state index contributed by atoms with van der Waals surface area (Å²) in [6.07, 6.45) is 6.46. The number of nitrogens with zero attached hydrogens (tertiary/aromatic N) is 3. The first-order valence-corrected chi connectivity index (χ1v) is 7.28. The number of rotatable bonds is 4. The molecule has 7 nitrogen and oxygen atoms in total. The van der Waals surface area contributed by atoms with Gasteiger partial charge in [-0.05, 0) is 30.4 Å². The molecule has 0 radical (unpaired) electrons. The highest BCUT2D eigenvalue weighted by Gasteiger charge is 2.08. The summed E-state index contributed by atoms with van der Waals surface area (Å²) >= 11 is 0. The molecule has 0 aliphatic rings. The van der Waals surface area contributed by atoms with Crippen molar-refractivity contribution in [1.82, 2.24) is 25.1 Å². The van der Waals surface area contributed by atoms with E-state index in [0.29, 0.717) is 5.82 Å². The molecule has 7 heteroatoms. The number of amides is 1. The molecule has 0 saturated carbocycles. The van der Waals surface area contributed by atoms with Crippen LogP contribution in [0.4, 0.5) is 0 Å². The molecule has 0 aliphatic heterocycles. The number of aromatic amines is 1. The highest BCUT2D eigenvalue weighted by atomic mass is 16.2. The third-order valence-electron chi connectivity index (χ3n) is 3.33. The van der Waals surface area contributed by atoms with E-state index in [1.54, 1.807) is 16.8 Å². The first-order valence-electron chi connectivity index (χ1n) is 7.28. The van der Waals surface area contributed by atoms with E-state index in [1.165, 1.54) is 13.2 Å². The highest BCUT2D eigenvalue weighted by molar-refractivity contribution is 5.93. The van der Waals surface area contributed by atoms with Crippen molar-refractivity contribution in [2.75, 3.05) is 7.05 Å². The summed E-state index contributed by atoms with van der Waals surface area (Å²) in [5.41, 5.74) is 1.16. The van der Waals surface area contributed by atoms with Crippen LogP contribution in [-0.2, 0) is 0 Å². The van der Waals surface area contributed by atoms with E-state index in [0.717, 1.165) is 11.4 Å². The second-order valence-corrected chi connectivity index (χ2v) is 4.94. The third kappa shape index (κ3) is 3.30. The molecule has 1 aromatic carbocycles. The zero-order chi connectivity index (χ0) is 16.9. The van der Waals surface area contributed by atoms with Gasteiger partial charge in [0, 0.05) is 19.4 Å². The molecule has 0 saturated heterocycles. The quantitative estimate of drug-likeness (QED) is 0.761. The van der Waals surface area contributed by atoms with Gasteiger partial charge in [0.15, 0.2) is 0 Å². The molecule has 0 fully saturated rings. The molecule has 0 unspecified atom stereocenters. The molecule has 0 atom stereocenters. The predicted molar refractivity (Wildman–Crippen MR) is 90.7 cm³/mol. The van der Waals surface area contributed by atoms with E-state index in [9.17, 15) is 9.59 Å². The van der Waals surface area contributed by atoms with Gasteiger partial charge in [-0.1, -0.05) is 18.2 Å². The maximum atomic E-state index is 11.8. The summed E-state index contributed by atoms with van der Waals surface area (Å²) in [5, 5.41) is 6.81. The molecule has 2 aromatic heterocycles. The van der Waals surface area contributed by atoms with Crippen molar-refractivity contribution in [2.24, 2.45) is 0 Å². The number of hydrogen-bond donors (Lipinski definition) is 2. The number of carbonyl (C=O) groups is 1. The van der Waals surface area contributed by atoms with Gasteiger partial charge in [-0.15, -0.1) is 0 Å². The summed E-state index contributed by atoms with van der Waals surface area (Å²) in [6, 6.07) is 11.6. The number of carbonyl (C=O) groups excluding carboxylic acids is 1. The van der Waals surface area contributed by atoms with E-state index >= 15 is 0 Å². The minimum atomic E-state index is -0.487. The third-order valence-corrected chi connectivity index (χ3v) is 3.33. The minimum Gasteiger partial charge on any atom is -0.355 e. The van der Waals surface area contributed by atoms with Gasteiger partial charge >= 0.3 is 0 Å². The molecule has 3 aromatic rings. The summed E-state index contributed by atoms with van der Waals surface area (Å²) in [5.74, 6) is -0.122. The van der Waals surface area contributed by atoms with E-state index in [4.69, 9.17) is 0 Å².